The van der Waals surface area contributed by atoms with Crippen molar-refractivity contribution in [3.63, 3.8) is 0 Å². The first-order valence-electron chi connectivity index (χ1n) is 5.50. The van der Waals surface area contributed by atoms with Crippen LogP contribution in [0.15, 0.2) is 12.4 Å². The van der Waals surface area contributed by atoms with Crippen LogP contribution < -0.4 is 5.32 Å². The zero-order chi connectivity index (χ0) is 12.0. The lowest BCUT2D eigenvalue weighted by Crippen LogP contribution is -2.36. The van der Waals surface area contributed by atoms with Crippen molar-refractivity contribution in [1.29, 1.82) is 0 Å². The molecule has 0 bridgehead atoms. The van der Waals surface area contributed by atoms with E-state index in [-0.39, 0.29) is 12.3 Å². The smallest absolute Gasteiger partial charge is 0.179 e. The second kappa shape index (κ2) is 6.62. The van der Waals surface area contributed by atoms with Gasteiger partial charge in [0.25, 0.3) is 0 Å². The van der Waals surface area contributed by atoms with Crippen molar-refractivity contribution in [2.45, 2.75) is 25.7 Å². The summed E-state index contributed by atoms with van der Waals surface area (Å²) in [6.45, 7) is 3.03. The van der Waals surface area contributed by atoms with Gasteiger partial charge in [0, 0.05) is 33.7 Å². The number of nitrogens with one attached hydrogen (secondary N) is 1. The molecule has 1 rings (SSSR count). The number of ether oxygens (including phenoxy) is 2. The molecule has 0 aliphatic heterocycles. The zero-order valence-corrected chi connectivity index (χ0v) is 10.4. The lowest BCUT2D eigenvalue weighted by Gasteiger charge is -2.25. The highest BCUT2D eigenvalue weighted by Gasteiger charge is 2.25. The molecule has 0 saturated carbocycles. The lowest BCUT2D eigenvalue weighted by atomic mass is 10.2. The van der Waals surface area contributed by atoms with Gasteiger partial charge in [-0.1, -0.05) is 6.92 Å². The van der Waals surface area contributed by atoms with Crippen molar-refractivity contribution in [2.75, 3.05) is 20.8 Å². The summed E-state index contributed by atoms with van der Waals surface area (Å²) in [4.78, 5) is 4.33. The molecular weight excluding hydrogens is 206 g/mol. The van der Waals surface area contributed by atoms with E-state index in [0.29, 0.717) is 0 Å². The molecule has 5 nitrogen and oxygen atoms in total. The number of imidazole rings is 1. The van der Waals surface area contributed by atoms with Crippen molar-refractivity contribution in [3.05, 3.63) is 18.2 Å². The molecule has 1 aromatic rings. The minimum absolute atomic E-state index is 0.0463. The van der Waals surface area contributed by atoms with E-state index < -0.39 is 0 Å². The maximum Gasteiger partial charge on any atom is 0.179 e. The molecule has 0 amide bonds. The molecule has 92 valence electrons. The normalized spacial score (nSPS) is 13.3. The molecule has 0 aliphatic rings. The summed E-state index contributed by atoms with van der Waals surface area (Å²) in [5.74, 6) is 0.919. The number of nitrogens with zero attached hydrogens (tertiary/aromatic N) is 2. The van der Waals surface area contributed by atoms with Gasteiger partial charge in [0.1, 0.15) is 11.9 Å². The van der Waals surface area contributed by atoms with Crippen molar-refractivity contribution in [2.24, 2.45) is 7.05 Å². The van der Waals surface area contributed by atoms with Crippen molar-refractivity contribution in [3.8, 4) is 0 Å². The van der Waals surface area contributed by atoms with Crippen LogP contribution in [0.25, 0.3) is 0 Å². The maximum atomic E-state index is 5.30. The summed E-state index contributed by atoms with van der Waals surface area (Å²) in [7, 11) is 5.24. The minimum atomic E-state index is -0.326. The monoisotopic (exact) mass is 227 g/mol. The van der Waals surface area contributed by atoms with Crippen LogP contribution in [-0.2, 0) is 16.5 Å². The fourth-order valence-electron chi connectivity index (χ4n) is 1.65. The highest BCUT2D eigenvalue weighted by atomic mass is 16.7. The molecule has 0 aliphatic carbocycles. The van der Waals surface area contributed by atoms with Gasteiger partial charge in [0.05, 0.1) is 0 Å². The van der Waals surface area contributed by atoms with Gasteiger partial charge in [-0.05, 0) is 13.0 Å². The third-order valence-corrected chi connectivity index (χ3v) is 2.49. The van der Waals surface area contributed by atoms with Crippen molar-refractivity contribution < 1.29 is 9.47 Å². The zero-order valence-electron chi connectivity index (χ0n) is 10.4. The van der Waals surface area contributed by atoms with Gasteiger partial charge in [0.2, 0.25) is 0 Å². The van der Waals surface area contributed by atoms with E-state index in [1.165, 1.54) is 0 Å². The van der Waals surface area contributed by atoms with Gasteiger partial charge in [0.15, 0.2) is 6.29 Å². The molecule has 0 aromatic carbocycles. The van der Waals surface area contributed by atoms with E-state index in [1.807, 2.05) is 17.8 Å². The average Bonchev–Trinajstić information content (AvgIpc) is 2.71. The Morgan fingerprint density at radius 3 is 2.56 bits per heavy atom. The molecule has 0 fully saturated rings. The highest BCUT2D eigenvalue weighted by molar-refractivity contribution is 5.00. The predicted octanol–water partition coefficient (Wildman–Crippen LogP) is 1.08. The third kappa shape index (κ3) is 3.04. The van der Waals surface area contributed by atoms with E-state index in [1.54, 1.807) is 20.4 Å². The molecule has 5 heteroatoms. The second-order valence-corrected chi connectivity index (χ2v) is 3.67. The van der Waals surface area contributed by atoms with Crippen LogP contribution in [0, 0.1) is 0 Å². The molecule has 0 radical (unpaired) electrons. The van der Waals surface area contributed by atoms with Crippen LogP contribution in [0.3, 0.4) is 0 Å². The summed E-state index contributed by atoms with van der Waals surface area (Å²) in [5, 5.41) is 3.38. The minimum Gasteiger partial charge on any atom is -0.354 e. The Morgan fingerprint density at radius 1 is 1.44 bits per heavy atom. The van der Waals surface area contributed by atoms with Crippen molar-refractivity contribution >= 4 is 0 Å². The average molecular weight is 227 g/mol. The first kappa shape index (κ1) is 13.2. The van der Waals surface area contributed by atoms with E-state index in [2.05, 4.69) is 17.2 Å². The fraction of sp³-hybridized carbons (Fsp3) is 0.727. The second-order valence-electron chi connectivity index (χ2n) is 3.67. The Bertz CT molecular complexity index is 297. The third-order valence-electron chi connectivity index (χ3n) is 2.49. The van der Waals surface area contributed by atoms with E-state index in [9.17, 15) is 0 Å². The number of hydrogen-bond acceptors (Lipinski definition) is 4. The number of methoxy groups -OCH3 is 2. The van der Waals surface area contributed by atoms with Crippen molar-refractivity contribution in [1.82, 2.24) is 14.9 Å². The number of aromatic nitrogens is 2. The topological polar surface area (TPSA) is 48.3 Å². The summed E-state index contributed by atoms with van der Waals surface area (Å²) in [5.41, 5.74) is 0. The first-order valence-corrected chi connectivity index (χ1v) is 5.50. The van der Waals surface area contributed by atoms with Gasteiger partial charge in [-0.25, -0.2) is 4.98 Å². The Balaban J connectivity index is 2.82. The van der Waals surface area contributed by atoms with Crippen LogP contribution in [0.1, 0.15) is 25.2 Å². The van der Waals surface area contributed by atoms with Crippen LogP contribution in [0.4, 0.5) is 0 Å². The Morgan fingerprint density at radius 2 is 2.12 bits per heavy atom. The maximum absolute atomic E-state index is 5.30. The van der Waals surface area contributed by atoms with Gasteiger partial charge in [-0.3, -0.25) is 0 Å². The quantitative estimate of drug-likeness (QED) is 0.708. The molecule has 1 aromatic heterocycles. The highest BCUT2D eigenvalue weighted by Crippen LogP contribution is 2.17. The van der Waals surface area contributed by atoms with Gasteiger partial charge in [-0.2, -0.15) is 0 Å². The van der Waals surface area contributed by atoms with Crippen LogP contribution in [-0.4, -0.2) is 36.6 Å². The fourth-order valence-corrected chi connectivity index (χ4v) is 1.65. The summed E-state index contributed by atoms with van der Waals surface area (Å²) < 4.78 is 12.6. The molecule has 1 atom stereocenters. The van der Waals surface area contributed by atoms with E-state index >= 15 is 0 Å². The molecular formula is C11H21N3O2. The van der Waals surface area contributed by atoms with Crippen LogP contribution >= 0.6 is 0 Å². The SMILES string of the molecule is CCCNC(c1nccn1C)C(OC)OC. The van der Waals surface area contributed by atoms with Gasteiger partial charge >= 0.3 is 0 Å². The Labute approximate surface area is 96.8 Å². The predicted molar refractivity (Wildman–Crippen MR) is 62.0 cm³/mol. The summed E-state index contributed by atoms with van der Waals surface area (Å²) >= 11 is 0. The first-order chi connectivity index (χ1) is 7.74. The molecule has 1 N–H and O–H groups in total. The van der Waals surface area contributed by atoms with Gasteiger partial charge < -0.3 is 19.4 Å². The molecule has 16 heavy (non-hydrogen) atoms. The van der Waals surface area contributed by atoms with Gasteiger partial charge in [-0.15, -0.1) is 0 Å². The largest absolute Gasteiger partial charge is 0.354 e. The molecule has 0 saturated heterocycles. The van der Waals surface area contributed by atoms with E-state index in [4.69, 9.17) is 9.47 Å². The van der Waals surface area contributed by atoms with E-state index in [0.717, 1.165) is 18.8 Å². The Hall–Kier alpha value is -0.910. The molecule has 1 unspecified atom stereocenters. The number of hydrogen-bond donors (Lipinski definition) is 1. The Kier molecular flexibility index (Phi) is 5.45. The number of rotatable bonds is 7. The van der Waals surface area contributed by atoms with Crippen LogP contribution in [0.2, 0.25) is 0 Å². The summed E-state index contributed by atoms with van der Waals surface area (Å²) in [6.07, 6.45) is 4.42. The lowest BCUT2D eigenvalue weighted by molar-refractivity contribution is -0.126. The molecule has 1 heterocycles. The standard InChI is InChI=1S/C11H21N3O2/c1-5-6-12-9(11(15-3)16-4)10-13-7-8-14(10)2/h7-9,11-12H,5-6H2,1-4H3. The number of aryl methyl sites for hydroxylation is 1. The van der Waals surface area contributed by atoms with Crippen LogP contribution in [0.5, 0.6) is 0 Å². The summed E-state index contributed by atoms with van der Waals surface area (Å²) in [6, 6.07) is -0.0463. The molecule has 0 spiro atoms.